The SMILES string of the molecule is CC(C)c1nnc(CN2CCN(C(=O)c3ccncc3)CC2)o1. The maximum atomic E-state index is 12.4. The second-order valence-electron chi connectivity index (χ2n) is 5.99. The van der Waals surface area contributed by atoms with Gasteiger partial charge in [-0.2, -0.15) is 0 Å². The summed E-state index contributed by atoms with van der Waals surface area (Å²) in [6, 6.07) is 3.50. The summed E-state index contributed by atoms with van der Waals surface area (Å²) in [5.41, 5.74) is 0.687. The van der Waals surface area contributed by atoms with Gasteiger partial charge >= 0.3 is 0 Å². The van der Waals surface area contributed by atoms with Gasteiger partial charge in [0.15, 0.2) is 0 Å². The Hall–Kier alpha value is -2.28. The number of aromatic nitrogens is 3. The summed E-state index contributed by atoms with van der Waals surface area (Å²) >= 11 is 0. The Morgan fingerprint density at radius 3 is 2.48 bits per heavy atom. The number of rotatable bonds is 4. The van der Waals surface area contributed by atoms with Crippen molar-refractivity contribution in [3.8, 4) is 0 Å². The van der Waals surface area contributed by atoms with Crippen LogP contribution in [-0.2, 0) is 6.54 Å². The zero-order valence-corrected chi connectivity index (χ0v) is 13.5. The molecule has 23 heavy (non-hydrogen) atoms. The lowest BCUT2D eigenvalue weighted by atomic mass is 10.2. The first kappa shape index (κ1) is 15.6. The smallest absolute Gasteiger partial charge is 0.254 e. The summed E-state index contributed by atoms with van der Waals surface area (Å²) in [6.45, 7) is 7.70. The van der Waals surface area contributed by atoms with E-state index in [4.69, 9.17) is 4.42 Å². The maximum absolute atomic E-state index is 12.4. The van der Waals surface area contributed by atoms with Crippen molar-refractivity contribution in [2.24, 2.45) is 0 Å². The molecule has 0 aliphatic carbocycles. The van der Waals surface area contributed by atoms with Gasteiger partial charge in [0, 0.05) is 50.1 Å². The minimum atomic E-state index is 0.0620. The van der Waals surface area contributed by atoms with Crippen molar-refractivity contribution in [2.75, 3.05) is 26.2 Å². The molecule has 1 fully saturated rings. The van der Waals surface area contributed by atoms with Crippen LogP contribution in [0.4, 0.5) is 0 Å². The number of hydrogen-bond donors (Lipinski definition) is 0. The minimum absolute atomic E-state index is 0.0620. The number of nitrogens with zero attached hydrogens (tertiary/aromatic N) is 5. The van der Waals surface area contributed by atoms with E-state index < -0.39 is 0 Å². The van der Waals surface area contributed by atoms with Crippen molar-refractivity contribution in [1.82, 2.24) is 25.0 Å². The van der Waals surface area contributed by atoms with Gasteiger partial charge in [0.05, 0.1) is 6.54 Å². The van der Waals surface area contributed by atoms with Crippen LogP contribution >= 0.6 is 0 Å². The molecule has 0 unspecified atom stereocenters. The fourth-order valence-electron chi connectivity index (χ4n) is 2.54. The molecule has 0 saturated carbocycles. The van der Waals surface area contributed by atoms with Gasteiger partial charge in [-0.05, 0) is 12.1 Å². The summed E-state index contributed by atoms with van der Waals surface area (Å²) < 4.78 is 5.64. The highest BCUT2D eigenvalue weighted by Crippen LogP contribution is 2.14. The van der Waals surface area contributed by atoms with Crippen LogP contribution in [0.2, 0.25) is 0 Å². The first-order chi connectivity index (χ1) is 11.1. The van der Waals surface area contributed by atoms with Crippen molar-refractivity contribution in [3.63, 3.8) is 0 Å². The van der Waals surface area contributed by atoms with Gasteiger partial charge in [0.25, 0.3) is 5.91 Å². The van der Waals surface area contributed by atoms with E-state index in [0.717, 1.165) is 13.1 Å². The molecule has 1 amide bonds. The Morgan fingerprint density at radius 1 is 1.17 bits per heavy atom. The Labute approximate surface area is 135 Å². The van der Waals surface area contributed by atoms with Gasteiger partial charge in [0.1, 0.15) is 0 Å². The average Bonchev–Trinajstić information content (AvgIpc) is 3.04. The molecule has 0 spiro atoms. The lowest BCUT2D eigenvalue weighted by Crippen LogP contribution is -2.48. The molecule has 7 nitrogen and oxygen atoms in total. The fraction of sp³-hybridized carbons (Fsp3) is 0.500. The van der Waals surface area contributed by atoms with Crippen LogP contribution in [-0.4, -0.2) is 57.1 Å². The zero-order valence-electron chi connectivity index (χ0n) is 13.5. The minimum Gasteiger partial charge on any atom is -0.424 e. The maximum Gasteiger partial charge on any atom is 0.254 e. The molecule has 0 N–H and O–H groups in total. The molecule has 1 aliphatic heterocycles. The molecule has 0 radical (unpaired) electrons. The van der Waals surface area contributed by atoms with E-state index in [1.54, 1.807) is 24.5 Å². The molecule has 3 rings (SSSR count). The number of piperazine rings is 1. The molecule has 122 valence electrons. The van der Waals surface area contributed by atoms with Crippen LogP contribution in [0, 0.1) is 0 Å². The quantitative estimate of drug-likeness (QED) is 0.852. The van der Waals surface area contributed by atoms with Crippen molar-refractivity contribution in [2.45, 2.75) is 26.3 Å². The number of amides is 1. The Balaban J connectivity index is 1.53. The predicted molar refractivity (Wildman–Crippen MR) is 83.8 cm³/mol. The molecule has 1 aliphatic rings. The van der Waals surface area contributed by atoms with Crippen LogP contribution < -0.4 is 0 Å². The van der Waals surface area contributed by atoms with E-state index in [-0.39, 0.29) is 11.8 Å². The first-order valence-corrected chi connectivity index (χ1v) is 7.87. The van der Waals surface area contributed by atoms with Gasteiger partial charge in [-0.15, -0.1) is 10.2 Å². The van der Waals surface area contributed by atoms with Crippen LogP contribution in [0.5, 0.6) is 0 Å². The fourth-order valence-corrected chi connectivity index (χ4v) is 2.54. The van der Waals surface area contributed by atoms with Crippen molar-refractivity contribution >= 4 is 5.91 Å². The standard InChI is InChI=1S/C16H21N5O2/c1-12(2)15-19-18-14(23-15)11-20-7-9-21(10-8-20)16(22)13-3-5-17-6-4-13/h3-6,12H,7-11H2,1-2H3. The van der Waals surface area contributed by atoms with E-state index in [1.165, 1.54) is 0 Å². The summed E-state index contributed by atoms with van der Waals surface area (Å²) in [4.78, 5) is 20.4. The van der Waals surface area contributed by atoms with E-state index in [0.29, 0.717) is 37.0 Å². The molecule has 2 aromatic heterocycles. The van der Waals surface area contributed by atoms with Crippen LogP contribution in [0.25, 0.3) is 0 Å². The number of hydrogen-bond acceptors (Lipinski definition) is 6. The number of carbonyl (C=O) groups is 1. The zero-order chi connectivity index (χ0) is 16.2. The summed E-state index contributed by atoms with van der Waals surface area (Å²) in [5.74, 6) is 1.62. The molecular formula is C16H21N5O2. The Kier molecular flexibility index (Phi) is 4.66. The highest BCUT2D eigenvalue weighted by molar-refractivity contribution is 5.94. The third-order valence-electron chi connectivity index (χ3n) is 3.92. The van der Waals surface area contributed by atoms with Gasteiger partial charge in [-0.1, -0.05) is 13.8 Å². The summed E-state index contributed by atoms with van der Waals surface area (Å²) in [7, 11) is 0. The molecular weight excluding hydrogens is 294 g/mol. The van der Waals surface area contributed by atoms with E-state index in [9.17, 15) is 4.79 Å². The topological polar surface area (TPSA) is 75.4 Å². The lowest BCUT2D eigenvalue weighted by molar-refractivity contribution is 0.0617. The number of pyridine rings is 1. The van der Waals surface area contributed by atoms with E-state index >= 15 is 0 Å². The van der Waals surface area contributed by atoms with Gasteiger partial charge in [-0.3, -0.25) is 14.7 Å². The van der Waals surface area contributed by atoms with Crippen molar-refractivity contribution in [3.05, 3.63) is 41.9 Å². The average molecular weight is 315 g/mol. The third kappa shape index (κ3) is 3.73. The summed E-state index contributed by atoms with van der Waals surface area (Å²) in [5, 5.41) is 8.14. The van der Waals surface area contributed by atoms with Crippen molar-refractivity contribution < 1.29 is 9.21 Å². The number of carbonyl (C=O) groups excluding carboxylic acids is 1. The van der Waals surface area contributed by atoms with Crippen LogP contribution in [0.3, 0.4) is 0 Å². The van der Waals surface area contributed by atoms with Gasteiger partial charge in [-0.25, -0.2) is 0 Å². The first-order valence-electron chi connectivity index (χ1n) is 7.87. The Bertz CT molecular complexity index is 648. The normalized spacial score (nSPS) is 16.0. The van der Waals surface area contributed by atoms with Gasteiger partial charge < -0.3 is 9.32 Å². The third-order valence-corrected chi connectivity index (χ3v) is 3.92. The Morgan fingerprint density at radius 2 is 1.87 bits per heavy atom. The lowest BCUT2D eigenvalue weighted by Gasteiger charge is -2.34. The molecule has 2 aromatic rings. The highest BCUT2D eigenvalue weighted by atomic mass is 16.4. The van der Waals surface area contributed by atoms with Crippen LogP contribution in [0.1, 0.15) is 41.9 Å². The van der Waals surface area contributed by atoms with E-state index in [2.05, 4.69) is 20.1 Å². The molecule has 0 aromatic carbocycles. The molecule has 1 saturated heterocycles. The largest absolute Gasteiger partial charge is 0.424 e. The van der Waals surface area contributed by atoms with Crippen LogP contribution in [0.15, 0.2) is 28.9 Å². The summed E-state index contributed by atoms with van der Waals surface area (Å²) in [6.07, 6.45) is 3.29. The molecule has 3 heterocycles. The second kappa shape index (κ2) is 6.87. The van der Waals surface area contributed by atoms with E-state index in [1.807, 2.05) is 18.7 Å². The molecule has 0 bridgehead atoms. The predicted octanol–water partition coefficient (Wildman–Crippen LogP) is 1.55. The van der Waals surface area contributed by atoms with Gasteiger partial charge in [0.2, 0.25) is 11.8 Å². The second-order valence-corrected chi connectivity index (χ2v) is 5.99. The monoisotopic (exact) mass is 315 g/mol. The molecule has 0 atom stereocenters. The molecule has 7 heteroatoms. The van der Waals surface area contributed by atoms with Crippen molar-refractivity contribution in [1.29, 1.82) is 0 Å². The highest BCUT2D eigenvalue weighted by Gasteiger charge is 2.23.